The molecule has 1 fully saturated rings. The lowest BCUT2D eigenvalue weighted by atomic mass is 10.1. The third-order valence-corrected chi connectivity index (χ3v) is 4.43. The van der Waals surface area contributed by atoms with Crippen LogP contribution in [-0.2, 0) is 18.4 Å². The van der Waals surface area contributed by atoms with Crippen molar-refractivity contribution in [2.24, 2.45) is 7.05 Å². The largest absolute Gasteiger partial charge is 0.350 e. The van der Waals surface area contributed by atoms with E-state index in [9.17, 15) is 9.59 Å². The summed E-state index contributed by atoms with van der Waals surface area (Å²) in [5.74, 6) is -0.178. The Kier molecular flexibility index (Phi) is 5.03. The van der Waals surface area contributed by atoms with Crippen molar-refractivity contribution in [2.75, 3.05) is 0 Å². The molecule has 0 unspecified atom stereocenters. The predicted octanol–water partition coefficient (Wildman–Crippen LogP) is 2.56. The Hall–Kier alpha value is -2.82. The number of nitrogens with zero attached hydrogens (tertiary/aromatic N) is 1. The molecule has 2 N–H and O–H groups in total. The monoisotopic (exact) mass is 337 g/mol. The summed E-state index contributed by atoms with van der Waals surface area (Å²) in [6, 6.07) is 11.6. The van der Waals surface area contributed by atoms with Gasteiger partial charge in [-0.2, -0.15) is 0 Å². The molecule has 1 saturated carbocycles. The number of rotatable bonds is 6. The first-order chi connectivity index (χ1) is 12.0. The van der Waals surface area contributed by atoms with Crippen molar-refractivity contribution in [3.63, 3.8) is 0 Å². The van der Waals surface area contributed by atoms with Gasteiger partial charge in [0.25, 0.3) is 5.91 Å². The second kappa shape index (κ2) is 7.38. The minimum absolute atomic E-state index is 0.0337. The highest BCUT2D eigenvalue weighted by atomic mass is 16.2. The first-order valence-electron chi connectivity index (χ1n) is 8.51. The van der Waals surface area contributed by atoms with Crippen molar-refractivity contribution in [3.05, 3.63) is 65.0 Å². The van der Waals surface area contributed by atoms with Gasteiger partial charge in [0.05, 0.1) is 6.54 Å². The van der Waals surface area contributed by atoms with Crippen LogP contribution >= 0.6 is 0 Å². The summed E-state index contributed by atoms with van der Waals surface area (Å²) in [4.78, 5) is 23.9. The molecule has 1 aliphatic rings. The van der Waals surface area contributed by atoms with E-state index in [2.05, 4.69) is 15.2 Å². The Morgan fingerprint density at radius 2 is 1.88 bits per heavy atom. The maximum absolute atomic E-state index is 11.9. The number of aromatic nitrogens is 1. The van der Waals surface area contributed by atoms with E-state index in [0.717, 1.165) is 29.8 Å². The first kappa shape index (κ1) is 17.0. The van der Waals surface area contributed by atoms with Crippen LogP contribution in [0.25, 0.3) is 6.08 Å². The van der Waals surface area contributed by atoms with Gasteiger partial charge in [0.2, 0.25) is 5.91 Å². The zero-order valence-electron chi connectivity index (χ0n) is 14.6. The van der Waals surface area contributed by atoms with Crippen LogP contribution < -0.4 is 10.6 Å². The lowest BCUT2D eigenvalue weighted by molar-refractivity contribution is -0.116. The standard InChI is InChI=1S/C20H23N3O2/c1-14-3-11-18(23(14)2)13-21-19(24)12-6-15-4-7-16(8-5-15)20(25)22-17-9-10-17/h3-8,11-12,17H,9-10,13H2,1-2H3,(H,21,24)(H,22,25)/b12-6+. The summed E-state index contributed by atoms with van der Waals surface area (Å²) in [6.07, 6.45) is 5.40. The van der Waals surface area contributed by atoms with Crippen LogP contribution in [0.1, 0.15) is 40.2 Å². The Labute approximate surface area is 147 Å². The summed E-state index contributed by atoms with van der Waals surface area (Å²) in [5.41, 5.74) is 3.75. The lowest BCUT2D eigenvalue weighted by Gasteiger charge is -2.06. The maximum Gasteiger partial charge on any atom is 0.251 e. The topological polar surface area (TPSA) is 63.1 Å². The Morgan fingerprint density at radius 3 is 2.48 bits per heavy atom. The summed E-state index contributed by atoms with van der Waals surface area (Å²) in [7, 11) is 1.98. The summed E-state index contributed by atoms with van der Waals surface area (Å²) >= 11 is 0. The van der Waals surface area contributed by atoms with Gasteiger partial charge in [-0.05, 0) is 55.7 Å². The van der Waals surface area contributed by atoms with Gasteiger partial charge in [0.1, 0.15) is 0 Å². The Balaban J connectivity index is 1.51. The van der Waals surface area contributed by atoms with Crippen LogP contribution in [-0.4, -0.2) is 22.4 Å². The molecule has 130 valence electrons. The minimum atomic E-state index is -0.144. The molecule has 1 aromatic carbocycles. The molecule has 0 spiro atoms. The molecule has 1 heterocycles. The quantitative estimate of drug-likeness (QED) is 0.796. The van der Waals surface area contributed by atoms with Crippen molar-refractivity contribution in [2.45, 2.75) is 32.4 Å². The molecule has 2 amide bonds. The van der Waals surface area contributed by atoms with E-state index in [-0.39, 0.29) is 11.8 Å². The van der Waals surface area contributed by atoms with E-state index >= 15 is 0 Å². The molecule has 0 saturated heterocycles. The molecule has 0 radical (unpaired) electrons. The van der Waals surface area contributed by atoms with Crippen LogP contribution in [0.3, 0.4) is 0 Å². The SMILES string of the molecule is Cc1ccc(CNC(=O)/C=C/c2ccc(C(=O)NC3CC3)cc2)n1C. The van der Waals surface area contributed by atoms with Crippen molar-refractivity contribution in [1.82, 2.24) is 15.2 Å². The van der Waals surface area contributed by atoms with Gasteiger partial charge in [-0.3, -0.25) is 9.59 Å². The summed E-state index contributed by atoms with van der Waals surface area (Å²) < 4.78 is 2.05. The number of hydrogen-bond donors (Lipinski definition) is 2. The van der Waals surface area contributed by atoms with Crippen LogP contribution in [0.15, 0.2) is 42.5 Å². The van der Waals surface area contributed by atoms with E-state index in [1.807, 2.05) is 38.2 Å². The summed E-state index contributed by atoms with van der Waals surface area (Å²) in [5, 5.41) is 5.83. The molecular weight excluding hydrogens is 314 g/mol. The van der Waals surface area contributed by atoms with Crippen molar-refractivity contribution >= 4 is 17.9 Å². The number of nitrogens with one attached hydrogen (secondary N) is 2. The van der Waals surface area contributed by atoms with Crippen molar-refractivity contribution in [1.29, 1.82) is 0 Å². The molecule has 0 atom stereocenters. The van der Waals surface area contributed by atoms with Gasteiger partial charge in [0, 0.05) is 36.1 Å². The molecule has 1 aliphatic carbocycles. The number of aryl methyl sites for hydroxylation is 1. The number of amides is 2. The number of carbonyl (C=O) groups is 2. The second-order valence-corrected chi connectivity index (χ2v) is 6.45. The molecule has 2 aromatic rings. The van der Waals surface area contributed by atoms with Crippen LogP contribution in [0.4, 0.5) is 0 Å². The van der Waals surface area contributed by atoms with E-state index in [4.69, 9.17) is 0 Å². The van der Waals surface area contributed by atoms with E-state index in [0.29, 0.717) is 18.2 Å². The van der Waals surface area contributed by atoms with Gasteiger partial charge in [-0.25, -0.2) is 0 Å². The van der Waals surface area contributed by atoms with Gasteiger partial charge in [-0.1, -0.05) is 12.1 Å². The maximum atomic E-state index is 11.9. The van der Waals surface area contributed by atoms with Gasteiger partial charge in [-0.15, -0.1) is 0 Å². The second-order valence-electron chi connectivity index (χ2n) is 6.45. The number of carbonyl (C=O) groups excluding carboxylic acids is 2. The molecule has 3 rings (SSSR count). The van der Waals surface area contributed by atoms with Crippen molar-refractivity contribution < 1.29 is 9.59 Å². The van der Waals surface area contributed by atoms with Crippen LogP contribution in [0.5, 0.6) is 0 Å². The Bertz CT molecular complexity index is 799. The molecule has 0 bridgehead atoms. The zero-order valence-corrected chi connectivity index (χ0v) is 14.6. The molecule has 5 heteroatoms. The smallest absolute Gasteiger partial charge is 0.251 e. The highest BCUT2D eigenvalue weighted by Gasteiger charge is 2.23. The van der Waals surface area contributed by atoms with E-state index in [1.54, 1.807) is 18.2 Å². The third kappa shape index (κ3) is 4.59. The predicted molar refractivity (Wildman–Crippen MR) is 98.0 cm³/mol. The first-order valence-corrected chi connectivity index (χ1v) is 8.51. The molecule has 25 heavy (non-hydrogen) atoms. The Morgan fingerprint density at radius 1 is 1.16 bits per heavy atom. The lowest BCUT2D eigenvalue weighted by Crippen LogP contribution is -2.25. The minimum Gasteiger partial charge on any atom is -0.350 e. The third-order valence-electron chi connectivity index (χ3n) is 4.43. The molecule has 1 aromatic heterocycles. The molecule has 0 aliphatic heterocycles. The van der Waals surface area contributed by atoms with Gasteiger partial charge >= 0.3 is 0 Å². The summed E-state index contributed by atoms with van der Waals surface area (Å²) in [6.45, 7) is 2.52. The van der Waals surface area contributed by atoms with Crippen LogP contribution in [0.2, 0.25) is 0 Å². The fourth-order valence-corrected chi connectivity index (χ4v) is 2.49. The van der Waals surface area contributed by atoms with E-state index in [1.165, 1.54) is 6.08 Å². The fraction of sp³-hybridized carbons (Fsp3) is 0.300. The normalized spacial score (nSPS) is 13.8. The van der Waals surface area contributed by atoms with E-state index < -0.39 is 0 Å². The molecule has 5 nitrogen and oxygen atoms in total. The van der Waals surface area contributed by atoms with Crippen LogP contribution in [0, 0.1) is 6.92 Å². The zero-order chi connectivity index (χ0) is 17.8. The average Bonchev–Trinajstić information content (AvgIpc) is 3.37. The van der Waals surface area contributed by atoms with Gasteiger partial charge in [0.15, 0.2) is 0 Å². The molecular formula is C20H23N3O2. The van der Waals surface area contributed by atoms with Crippen molar-refractivity contribution in [3.8, 4) is 0 Å². The average molecular weight is 337 g/mol. The highest BCUT2D eigenvalue weighted by Crippen LogP contribution is 2.19. The highest BCUT2D eigenvalue weighted by molar-refractivity contribution is 5.95. The number of benzene rings is 1. The number of hydrogen-bond acceptors (Lipinski definition) is 2. The fourth-order valence-electron chi connectivity index (χ4n) is 2.49. The van der Waals surface area contributed by atoms with Gasteiger partial charge < -0.3 is 15.2 Å².